The van der Waals surface area contributed by atoms with Gasteiger partial charge in [0.1, 0.15) is 0 Å². The molecule has 0 atom stereocenters. The summed E-state index contributed by atoms with van der Waals surface area (Å²) >= 11 is 1.70. The van der Waals surface area contributed by atoms with E-state index in [9.17, 15) is 4.79 Å². The zero-order valence-electron chi connectivity index (χ0n) is 14.3. The predicted octanol–water partition coefficient (Wildman–Crippen LogP) is 5.01. The zero-order valence-corrected chi connectivity index (χ0v) is 15.2. The topological polar surface area (TPSA) is 65.8 Å². The molecule has 0 saturated carbocycles. The molecule has 0 aliphatic heterocycles. The molecule has 1 N–H and O–H groups in total. The maximum atomic E-state index is 12.3. The van der Waals surface area contributed by atoms with Gasteiger partial charge in [-0.2, -0.15) is 5.26 Å². The Bertz CT molecular complexity index is 1120. The monoisotopic (exact) mass is 369 g/mol. The van der Waals surface area contributed by atoms with Gasteiger partial charge in [0.25, 0.3) is 5.91 Å². The highest BCUT2D eigenvalue weighted by molar-refractivity contribution is 7.18. The van der Waals surface area contributed by atoms with Gasteiger partial charge in [0.2, 0.25) is 0 Å². The molecular weight excluding hydrogens is 354 g/mol. The molecule has 4 rings (SSSR count). The minimum absolute atomic E-state index is 0.231. The van der Waals surface area contributed by atoms with Gasteiger partial charge in [-0.15, -0.1) is 11.3 Å². The lowest BCUT2D eigenvalue weighted by atomic mass is 10.1. The number of fused-ring (bicyclic) bond motifs is 1. The van der Waals surface area contributed by atoms with Crippen LogP contribution in [0.1, 0.15) is 26.5 Å². The van der Waals surface area contributed by atoms with Crippen molar-refractivity contribution in [3.63, 3.8) is 0 Å². The van der Waals surface area contributed by atoms with Crippen molar-refractivity contribution in [3.05, 3.63) is 94.5 Å². The molecule has 4 aromatic rings. The standard InChI is InChI=1S/C22H15N3OS/c23-14-16-4-3-5-17(12-16)22(26)24-18-10-8-15(9-11-18)13-21-25-19-6-1-2-7-20(19)27-21/h1-12H,13H2,(H,24,26). The minimum Gasteiger partial charge on any atom is -0.322 e. The number of aromatic nitrogens is 1. The van der Waals surface area contributed by atoms with Crippen LogP contribution in [0.4, 0.5) is 5.69 Å². The summed E-state index contributed by atoms with van der Waals surface area (Å²) in [7, 11) is 0. The number of para-hydroxylation sites is 1. The molecular formula is C22H15N3OS. The second-order valence-electron chi connectivity index (χ2n) is 6.10. The Kier molecular flexibility index (Phi) is 4.65. The van der Waals surface area contributed by atoms with E-state index in [4.69, 9.17) is 5.26 Å². The molecule has 0 aliphatic rings. The lowest BCUT2D eigenvalue weighted by molar-refractivity contribution is 0.102. The summed E-state index contributed by atoms with van der Waals surface area (Å²) in [5, 5.41) is 12.9. The number of hydrogen-bond acceptors (Lipinski definition) is 4. The van der Waals surface area contributed by atoms with E-state index in [1.165, 1.54) is 4.70 Å². The zero-order chi connectivity index (χ0) is 18.6. The van der Waals surface area contributed by atoms with E-state index in [2.05, 4.69) is 16.4 Å². The number of nitriles is 1. The number of thiazole rings is 1. The summed E-state index contributed by atoms with van der Waals surface area (Å²) < 4.78 is 1.19. The van der Waals surface area contributed by atoms with Gasteiger partial charge in [0.05, 0.1) is 26.9 Å². The molecule has 5 heteroatoms. The Morgan fingerprint density at radius 2 is 1.85 bits per heavy atom. The molecule has 0 aliphatic carbocycles. The maximum absolute atomic E-state index is 12.3. The van der Waals surface area contributed by atoms with Crippen LogP contribution in [0.2, 0.25) is 0 Å². The lowest BCUT2D eigenvalue weighted by Gasteiger charge is -2.06. The average molecular weight is 369 g/mol. The lowest BCUT2D eigenvalue weighted by Crippen LogP contribution is -2.11. The first kappa shape index (κ1) is 17.0. The third-order valence-corrected chi connectivity index (χ3v) is 5.20. The number of benzene rings is 3. The number of carbonyl (C=O) groups is 1. The molecule has 27 heavy (non-hydrogen) atoms. The van der Waals surface area contributed by atoms with Crippen LogP contribution in [0.5, 0.6) is 0 Å². The second-order valence-corrected chi connectivity index (χ2v) is 7.21. The molecule has 0 bridgehead atoms. The highest BCUT2D eigenvalue weighted by Gasteiger charge is 2.08. The summed E-state index contributed by atoms with van der Waals surface area (Å²) in [4.78, 5) is 17.0. The molecule has 0 spiro atoms. The van der Waals surface area contributed by atoms with Crippen LogP contribution in [0.25, 0.3) is 10.2 Å². The van der Waals surface area contributed by atoms with E-state index >= 15 is 0 Å². The average Bonchev–Trinajstić information content (AvgIpc) is 3.12. The van der Waals surface area contributed by atoms with E-state index in [0.717, 1.165) is 28.2 Å². The van der Waals surface area contributed by atoms with Gasteiger partial charge >= 0.3 is 0 Å². The van der Waals surface area contributed by atoms with Crippen molar-refractivity contribution in [1.29, 1.82) is 5.26 Å². The van der Waals surface area contributed by atoms with E-state index in [1.54, 1.807) is 35.6 Å². The fraction of sp³-hybridized carbons (Fsp3) is 0.0455. The summed E-state index contributed by atoms with van der Waals surface area (Å²) in [6.07, 6.45) is 0.762. The third kappa shape index (κ3) is 3.86. The predicted molar refractivity (Wildman–Crippen MR) is 108 cm³/mol. The van der Waals surface area contributed by atoms with E-state index in [1.807, 2.05) is 48.5 Å². The summed E-state index contributed by atoms with van der Waals surface area (Å²) in [5.74, 6) is -0.231. The number of rotatable bonds is 4. The van der Waals surface area contributed by atoms with Gasteiger partial charge in [-0.1, -0.05) is 30.3 Å². The van der Waals surface area contributed by atoms with Crippen LogP contribution in [-0.4, -0.2) is 10.9 Å². The molecule has 3 aromatic carbocycles. The largest absolute Gasteiger partial charge is 0.322 e. The quantitative estimate of drug-likeness (QED) is 0.550. The van der Waals surface area contributed by atoms with Gasteiger partial charge in [0, 0.05) is 17.7 Å². The SMILES string of the molecule is N#Cc1cccc(C(=O)Nc2ccc(Cc3nc4ccccc4s3)cc2)c1. The first-order valence-electron chi connectivity index (χ1n) is 8.46. The van der Waals surface area contributed by atoms with E-state index in [-0.39, 0.29) is 5.91 Å². The molecule has 0 radical (unpaired) electrons. The van der Waals surface area contributed by atoms with E-state index in [0.29, 0.717) is 11.1 Å². The van der Waals surface area contributed by atoms with Crippen LogP contribution in [0.15, 0.2) is 72.8 Å². The number of nitrogens with zero attached hydrogens (tertiary/aromatic N) is 2. The smallest absolute Gasteiger partial charge is 0.255 e. The Morgan fingerprint density at radius 3 is 2.63 bits per heavy atom. The highest BCUT2D eigenvalue weighted by atomic mass is 32.1. The van der Waals surface area contributed by atoms with Crippen molar-refractivity contribution in [2.24, 2.45) is 0 Å². The van der Waals surface area contributed by atoms with Crippen molar-refractivity contribution in [1.82, 2.24) is 4.98 Å². The van der Waals surface area contributed by atoms with Crippen LogP contribution >= 0.6 is 11.3 Å². The molecule has 1 amide bonds. The van der Waals surface area contributed by atoms with Crippen molar-refractivity contribution in [3.8, 4) is 6.07 Å². The minimum atomic E-state index is -0.231. The fourth-order valence-electron chi connectivity index (χ4n) is 2.81. The molecule has 1 heterocycles. The molecule has 0 unspecified atom stereocenters. The Hall–Kier alpha value is -3.49. The summed E-state index contributed by atoms with van der Waals surface area (Å²) in [5.41, 5.74) is 3.82. The second kappa shape index (κ2) is 7.40. The van der Waals surface area contributed by atoms with Crippen molar-refractivity contribution >= 4 is 33.1 Å². The summed E-state index contributed by atoms with van der Waals surface area (Å²) in [6, 6.07) is 24.6. The number of amides is 1. The van der Waals surface area contributed by atoms with Crippen LogP contribution < -0.4 is 5.32 Å². The van der Waals surface area contributed by atoms with Crippen molar-refractivity contribution in [2.75, 3.05) is 5.32 Å². The van der Waals surface area contributed by atoms with Crippen LogP contribution in [0, 0.1) is 11.3 Å². The third-order valence-electron chi connectivity index (χ3n) is 4.16. The molecule has 130 valence electrons. The highest BCUT2D eigenvalue weighted by Crippen LogP contribution is 2.24. The summed E-state index contributed by atoms with van der Waals surface area (Å²) in [6.45, 7) is 0. The Balaban J connectivity index is 1.45. The van der Waals surface area contributed by atoms with E-state index < -0.39 is 0 Å². The normalized spacial score (nSPS) is 10.5. The number of hydrogen-bond donors (Lipinski definition) is 1. The van der Waals surface area contributed by atoms with Crippen LogP contribution in [0.3, 0.4) is 0 Å². The van der Waals surface area contributed by atoms with Gasteiger partial charge < -0.3 is 5.32 Å². The molecule has 0 saturated heterocycles. The Labute approximate surface area is 160 Å². The molecule has 4 nitrogen and oxygen atoms in total. The van der Waals surface area contributed by atoms with Crippen molar-refractivity contribution < 1.29 is 4.79 Å². The number of nitrogens with one attached hydrogen (secondary N) is 1. The molecule has 1 aromatic heterocycles. The number of anilines is 1. The van der Waals surface area contributed by atoms with Gasteiger partial charge in [-0.25, -0.2) is 4.98 Å². The fourth-order valence-corrected chi connectivity index (χ4v) is 3.81. The first-order chi connectivity index (χ1) is 13.2. The van der Waals surface area contributed by atoms with Gasteiger partial charge in [0.15, 0.2) is 0 Å². The Morgan fingerprint density at radius 1 is 1.04 bits per heavy atom. The first-order valence-corrected chi connectivity index (χ1v) is 9.28. The number of carbonyl (C=O) groups excluding carboxylic acids is 1. The van der Waals surface area contributed by atoms with Crippen LogP contribution in [-0.2, 0) is 6.42 Å². The maximum Gasteiger partial charge on any atom is 0.255 e. The molecule has 0 fully saturated rings. The van der Waals surface area contributed by atoms with Gasteiger partial charge in [-0.05, 0) is 48.0 Å². The van der Waals surface area contributed by atoms with Crippen molar-refractivity contribution in [2.45, 2.75) is 6.42 Å². The van der Waals surface area contributed by atoms with Gasteiger partial charge in [-0.3, -0.25) is 4.79 Å².